The van der Waals surface area contributed by atoms with E-state index in [1.54, 1.807) is 18.2 Å². The Bertz CT molecular complexity index is 1190. The van der Waals surface area contributed by atoms with Gasteiger partial charge in [-0.2, -0.15) is 0 Å². The van der Waals surface area contributed by atoms with Crippen LogP contribution >= 0.6 is 0 Å². The number of nitrogens with one attached hydrogen (secondary N) is 1. The number of pyridine rings is 1. The van der Waals surface area contributed by atoms with Crippen LogP contribution in [0.3, 0.4) is 0 Å². The second-order valence-corrected chi connectivity index (χ2v) is 9.07. The van der Waals surface area contributed by atoms with Gasteiger partial charge in [-0.25, -0.2) is 13.8 Å². The minimum Gasteiger partial charge on any atom is -0.439 e. The maximum atomic E-state index is 14.5. The minimum absolute atomic E-state index is 0.107. The number of rotatable bonds is 6. The second kappa shape index (κ2) is 9.16. The Hall–Kier alpha value is -3.30. The SMILES string of the molecule is CC1(C)OB(c2ccc(F)c(C(=O)NCc3ccnc(Oc4ccc(F)cc4)c3)c2)OC1(C)C. The van der Waals surface area contributed by atoms with Gasteiger partial charge in [0.1, 0.15) is 17.4 Å². The van der Waals surface area contributed by atoms with E-state index >= 15 is 0 Å². The highest BCUT2D eigenvalue weighted by Crippen LogP contribution is 2.36. The molecule has 9 heteroatoms. The Morgan fingerprint density at radius 1 is 1.00 bits per heavy atom. The summed E-state index contributed by atoms with van der Waals surface area (Å²) in [5.41, 5.74) is 0.0451. The van der Waals surface area contributed by atoms with Gasteiger partial charge in [-0.05, 0) is 81.2 Å². The number of hydrogen-bond acceptors (Lipinski definition) is 5. The molecule has 0 spiro atoms. The Morgan fingerprint density at radius 3 is 2.35 bits per heavy atom. The predicted molar refractivity (Wildman–Crippen MR) is 124 cm³/mol. The molecule has 4 rings (SSSR count). The highest BCUT2D eigenvalue weighted by atomic mass is 19.1. The third-order valence-corrected chi connectivity index (χ3v) is 6.05. The van der Waals surface area contributed by atoms with Crippen LogP contribution in [0.4, 0.5) is 8.78 Å². The molecule has 0 atom stereocenters. The first kappa shape index (κ1) is 23.8. The fourth-order valence-corrected chi connectivity index (χ4v) is 3.36. The summed E-state index contributed by atoms with van der Waals surface area (Å²) in [6, 6.07) is 13.1. The van der Waals surface area contributed by atoms with E-state index in [0.717, 1.165) is 0 Å². The third-order valence-electron chi connectivity index (χ3n) is 6.05. The van der Waals surface area contributed by atoms with Gasteiger partial charge in [0.2, 0.25) is 5.88 Å². The number of carbonyl (C=O) groups excluding carboxylic acids is 1. The average molecular weight is 466 g/mol. The number of ether oxygens (including phenoxy) is 1. The number of benzene rings is 2. The average Bonchev–Trinajstić information content (AvgIpc) is 3.01. The molecule has 0 radical (unpaired) electrons. The molecular weight excluding hydrogens is 441 g/mol. The zero-order chi connectivity index (χ0) is 24.5. The quantitative estimate of drug-likeness (QED) is 0.547. The summed E-state index contributed by atoms with van der Waals surface area (Å²) in [6.45, 7) is 7.82. The minimum atomic E-state index is -0.705. The fourth-order valence-electron chi connectivity index (χ4n) is 3.36. The van der Waals surface area contributed by atoms with Gasteiger partial charge in [0, 0.05) is 18.8 Å². The molecule has 1 aliphatic heterocycles. The van der Waals surface area contributed by atoms with Crippen LogP contribution < -0.4 is 15.5 Å². The van der Waals surface area contributed by atoms with Gasteiger partial charge < -0.3 is 19.4 Å². The maximum absolute atomic E-state index is 14.5. The Morgan fingerprint density at radius 2 is 1.68 bits per heavy atom. The Kier molecular flexibility index (Phi) is 6.42. The lowest BCUT2D eigenvalue weighted by molar-refractivity contribution is 0.00578. The lowest BCUT2D eigenvalue weighted by atomic mass is 9.78. The van der Waals surface area contributed by atoms with Gasteiger partial charge in [0.25, 0.3) is 5.91 Å². The van der Waals surface area contributed by atoms with E-state index in [1.807, 2.05) is 27.7 Å². The number of amides is 1. The third kappa shape index (κ3) is 5.10. The molecule has 0 saturated carbocycles. The van der Waals surface area contributed by atoms with Gasteiger partial charge in [-0.1, -0.05) is 6.07 Å². The van der Waals surface area contributed by atoms with Crippen LogP contribution in [-0.4, -0.2) is 29.2 Å². The molecule has 0 unspecified atom stereocenters. The molecule has 0 bridgehead atoms. The first-order chi connectivity index (χ1) is 16.0. The van der Waals surface area contributed by atoms with E-state index in [4.69, 9.17) is 14.0 Å². The summed E-state index contributed by atoms with van der Waals surface area (Å²) in [4.78, 5) is 16.9. The second-order valence-electron chi connectivity index (χ2n) is 9.07. The monoisotopic (exact) mass is 466 g/mol. The van der Waals surface area contributed by atoms with Crippen molar-refractivity contribution in [3.8, 4) is 11.6 Å². The molecular formula is C25H25BF2N2O4. The lowest BCUT2D eigenvalue weighted by Gasteiger charge is -2.32. The summed E-state index contributed by atoms with van der Waals surface area (Å²) in [7, 11) is -0.705. The van der Waals surface area contributed by atoms with Gasteiger partial charge in [-0.15, -0.1) is 0 Å². The largest absolute Gasteiger partial charge is 0.494 e. The summed E-state index contributed by atoms with van der Waals surface area (Å²) >= 11 is 0. The topological polar surface area (TPSA) is 69.7 Å². The first-order valence-corrected chi connectivity index (χ1v) is 10.9. The summed E-state index contributed by atoms with van der Waals surface area (Å²) in [6.07, 6.45) is 1.53. The van der Waals surface area contributed by atoms with Gasteiger partial charge in [-0.3, -0.25) is 4.79 Å². The number of carbonyl (C=O) groups is 1. The van der Waals surface area contributed by atoms with E-state index in [0.29, 0.717) is 16.8 Å². The summed E-state index contributed by atoms with van der Waals surface area (Å²) < 4.78 is 45.2. The molecule has 1 fully saturated rings. The van der Waals surface area contributed by atoms with E-state index in [9.17, 15) is 13.6 Å². The van der Waals surface area contributed by atoms with Crippen LogP contribution in [0, 0.1) is 11.6 Å². The molecule has 1 aliphatic rings. The summed E-state index contributed by atoms with van der Waals surface area (Å²) in [5, 5.41) is 2.71. The zero-order valence-electron chi connectivity index (χ0n) is 19.4. The van der Waals surface area contributed by atoms with E-state index in [2.05, 4.69) is 10.3 Å². The van der Waals surface area contributed by atoms with Crippen LogP contribution in [0.5, 0.6) is 11.6 Å². The van der Waals surface area contributed by atoms with Crippen molar-refractivity contribution < 1.29 is 27.6 Å². The van der Waals surface area contributed by atoms with E-state index in [-0.39, 0.29) is 23.8 Å². The highest BCUT2D eigenvalue weighted by molar-refractivity contribution is 6.62. The normalized spacial score (nSPS) is 16.4. The number of hydrogen-bond donors (Lipinski definition) is 1. The molecule has 2 heterocycles. The first-order valence-electron chi connectivity index (χ1n) is 10.9. The molecule has 1 saturated heterocycles. The van der Waals surface area contributed by atoms with Crippen LogP contribution in [0.25, 0.3) is 0 Å². The molecule has 176 valence electrons. The summed E-state index contributed by atoms with van der Waals surface area (Å²) in [5.74, 6) is -0.878. The van der Waals surface area contributed by atoms with Crippen molar-refractivity contribution in [3.63, 3.8) is 0 Å². The van der Waals surface area contributed by atoms with Crippen LogP contribution in [-0.2, 0) is 15.9 Å². The molecule has 3 aromatic rings. The number of halogens is 2. The van der Waals surface area contributed by atoms with Crippen molar-refractivity contribution in [1.82, 2.24) is 10.3 Å². The van der Waals surface area contributed by atoms with Gasteiger partial charge in [0.05, 0.1) is 16.8 Å². The Balaban J connectivity index is 1.43. The van der Waals surface area contributed by atoms with E-state index < -0.39 is 30.0 Å². The van der Waals surface area contributed by atoms with Crippen LogP contribution in [0.2, 0.25) is 0 Å². The zero-order valence-corrected chi connectivity index (χ0v) is 19.4. The van der Waals surface area contributed by atoms with Crippen molar-refractivity contribution in [1.29, 1.82) is 0 Å². The predicted octanol–water partition coefficient (Wildman–Crippen LogP) is 4.38. The maximum Gasteiger partial charge on any atom is 0.494 e. The molecule has 1 amide bonds. The van der Waals surface area contributed by atoms with Crippen molar-refractivity contribution in [2.75, 3.05) is 0 Å². The van der Waals surface area contributed by atoms with Crippen molar-refractivity contribution >= 4 is 18.5 Å². The smallest absolute Gasteiger partial charge is 0.439 e. The van der Waals surface area contributed by atoms with Gasteiger partial charge >= 0.3 is 7.12 Å². The Labute approximate surface area is 197 Å². The van der Waals surface area contributed by atoms with Crippen molar-refractivity contribution in [2.24, 2.45) is 0 Å². The standard InChI is InChI=1S/C25H25BF2N2O4/c1-24(2)25(3,4)34-26(33-24)17-5-10-21(28)20(14-17)23(31)30-15-16-11-12-29-22(13-16)32-19-8-6-18(27)7-9-19/h5-14H,15H2,1-4H3,(H,30,31). The van der Waals surface area contributed by atoms with Crippen LogP contribution in [0.15, 0.2) is 60.8 Å². The van der Waals surface area contributed by atoms with Crippen LogP contribution in [0.1, 0.15) is 43.6 Å². The molecule has 6 nitrogen and oxygen atoms in total. The molecule has 0 aliphatic carbocycles. The van der Waals surface area contributed by atoms with Gasteiger partial charge in [0.15, 0.2) is 0 Å². The number of aromatic nitrogens is 1. The molecule has 1 aromatic heterocycles. The number of nitrogens with zero attached hydrogens (tertiary/aromatic N) is 1. The highest BCUT2D eigenvalue weighted by Gasteiger charge is 2.51. The van der Waals surface area contributed by atoms with E-state index in [1.165, 1.54) is 42.6 Å². The van der Waals surface area contributed by atoms with Crippen molar-refractivity contribution in [3.05, 3.63) is 83.6 Å². The fraction of sp³-hybridized carbons (Fsp3) is 0.280. The molecule has 34 heavy (non-hydrogen) atoms. The van der Waals surface area contributed by atoms with Crippen molar-refractivity contribution in [2.45, 2.75) is 45.4 Å². The lowest BCUT2D eigenvalue weighted by Crippen LogP contribution is -2.41. The molecule has 1 N–H and O–H groups in total. The molecule has 2 aromatic carbocycles.